The van der Waals surface area contributed by atoms with Crippen molar-refractivity contribution in [2.24, 2.45) is 4.99 Å². The van der Waals surface area contributed by atoms with Gasteiger partial charge in [-0.25, -0.2) is 0 Å². The van der Waals surface area contributed by atoms with E-state index < -0.39 is 0 Å². The Morgan fingerprint density at radius 1 is 1.25 bits per heavy atom. The summed E-state index contributed by atoms with van der Waals surface area (Å²) in [5.74, 6) is 0.884. The number of aliphatic imine (C=N–C) groups is 1. The van der Waals surface area contributed by atoms with E-state index >= 15 is 0 Å². The Morgan fingerprint density at radius 3 is 2.75 bits per heavy atom. The molecule has 0 aromatic heterocycles. The average Bonchev–Trinajstić information content (AvgIpc) is 2.49. The zero-order chi connectivity index (χ0) is 14.5. The Bertz CT molecular complexity index is 256. The summed E-state index contributed by atoms with van der Waals surface area (Å²) in [7, 11) is 0. The number of guanidine groups is 1. The molecule has 2 N–H and O–H groups in total. The van der Waals surface area contributed by atoms with Gasteiger partial charge in [0.05, 0.1) is 19.8 Å². The van der Waals surface area contributed by atoms with Crippen LogP contribution >= 0.6 is 0 Å². The van der Waals surface area contributed by atoms with E-state index in [1.165, 1.54) is 0 Å². The van der Waals surface area contributed by atoms with E-state index in [-0.39, 0.29) is 0 Å². The Hall–Kier alpha value is -0.850. The van der Waals surface area contributed by atoms with Crippen LogP contribution in [0.3, 0.4) is 0 Å². The molecule has 118 valence electrons. The van der Waals surface area contributed by atoms with Crippen LogP contribution in [0, 0.1) is 0 Å². The minimum Gasteiger partial charge on any atom is -0.380 e. The van der Waals surface area contributed by atoms with Gasteiger partial charge in [-0.3, -0.25) is 9.89 Å². The molecule has 0 bridgehead atoms. The zero-order valence-corrected chi connectivity index (χ0v) is 13.0. The molecule has 1 fully saturated rings. The van der Waals surface area contributed by atoms with Crippen molar-refractivity contribution in [2.75, 3.05) is 65.7 Å². The van der Waals surface area contributed by atoms with Gasteiger partial charge in [-0.1, -0.05) is 0 Å². The van der Waals surface area contributed by atoms with Crippen LogP contribution in [0.5, 0.6) is 0 Å². The number of hydrogen-bond acceptors (Lipinski definition) is 4. The molecular formula is C14H30N4O2. The fourth-order valence-electron chi connectivity index (χ4n) is 2.04. The smallest absolute Gasteiger partial charge is 0.191 e. The number of rotatable bonds is 9. The molecule has 0 aromatic carbocycles. The first-order chi connectivity index (χ1) is 9.86. The molecular weight excluding hydrogens is 256 g/mol. The summed E-state index contributed by atoms with van der Waals surface area (Å²) in [6.45, 7) is 13.0. The van der Waals surface area contributed by atoms with Crippen molar-refractivity contribution in [3.8, 4) is 0 Å². The quantitative estimate of drug-likeness (QED) is 0.363. The fourth-order valence-corrected chi connectivity index (χ4v) is 2.04. The van der Waals surface area contributed by atoms with Gasteiger partial charge < -0.3 is 20.1 Å². The van der Waals surface area contributed by atoms with Crippen LogP contribution in [0.1, 0.15) is 20.3 Å². The van der Waals surface area contributed by atoms with E-state index in [1.807, 2.05) is 6.92 Å². The lowest BCUT2D eigenvalue weighted by molar-refractivity contribution is 0.0377. The molecule has 1 heterocycles. The van der Waals surface area contributed by atoms with Crippen LogP contribution in [0.25, 0.3) is 0 Å². The summed E-state index contributed by atoms with van der Waals surface area (Å²) in [4.78, 5) is 7.02. The molecule has 0 aliphatic carbocycles. The van der Waals surface area contributed by atoms with Gasteiger partial charge in [0.15, 0.2) is 5.96 Å². The van der Waals surface area contributed by atoms with E-state index in [1.54, 1.807) is 0 Å². The summed E-state index contributed by atoms with van der Waals surface area (Å²) in [5, 5.41) is 6.52. The highest BCUT2D eigenvalue weighted by molar-refractivity contribution is 5.79. The molecule has 1 rings (SSSR count). The van der Waals surface area contributed by atoms with Gasteiger partial charge in [-0.2, -0.15) is 0 Å². The van der Waals surface area contributed by atoms with E-state index in [0.717, 1.165) is 71.5 Å². The van der Waals surface area contributed by atoms with E-state index in [0.29, 0.717) is 6.61 Å². The highest BCUT2D eigenvalue weighted by atomic mass is 16.5. The molecule has 20 heavy (non-hydrogen) atoms. The largest absolute Gasteiger partial charge is 0.380 e. The maximum Gasteiger partial charge on any atom is 0.191 e. The molecule has 0 amide bonds. The summed E-state index contributed by atoms with van der Waals surface area (Å²) in [6, 6.07) is 0. The number of nitrogens with zero attached hydrogens (tertiary/aromatic N) is 2. The third kappa shape index (κ3) is 8.35. The minimum absolute atomic E-state index is 0.717. The predicted octanol–water partition coefficient (Wildman–Crippen LogP) is 0.300. The molecule has 0 radical (unpaired) electrons. The molecule has 0 saturated carbocycles. The van der Waals surface area contributed by atoms with Gasteiger partial charge in [0.2, 0.25) is 0 Å². The van der Waals surface area contributed by atoms with Crippen LogP contribution in [0.15, 0.2) is 4.99 Å². The molecule has 1 aliphatic heterocycles. The summed E-state index contributed by atoms with van der Waals surface area (Å²) in [6.07, 6.45) is 1.09. The Kier molecular flexibility index (Phi) is 10.3. The first kappa shape index (κ1) is 17.2. The lowest BCUT2D eigenvalue weighted by atomic mass is 10.3. The third-order valence-corrected chi connectivity index (χ3v) is 3.09. The van der Waals surface area contributed by atoms with Gasteiger partial charge in [0.25, 0.3) is 0 Å². The van der Waals surface area contributed by atoms with Crippen LogP contribution in [-0.2, 0) is 9.47 Å². The van der Waals surface area contributed by atoms with Gasteiger partial charge in [0.1, 0.15) is 0 Å². The zero-order valence-electron chi connectivity index (χ0n) is 13.0. The molecule has 0 aromatic rings. The van der Waals surface area contributed by atoms with Crippen molar-refractivity contribution in [1.82, 2.24) is 15.5 Å². The molecule has 1 saturated heterocycles. The lowest BCUT2D eigenvalue weighted by Gasteiger charge is -2.26. The highest BCUT2D eigenvalue weighted by Crippen LogP contribution is 1.97. The average molecular weight is 286 g/mol. The SMILES string of the molecule is CCNC(=NCCCN1CCOCC1)NCCOCC. The Balaban J connectivity index is 2.13. The predicted molar refractivity (Wildman–Crippen MR) is 82.4 cm³/mol. The number of nitrogens with one attached hydrogen (secondary N) is 2. The highest BCUT2D eigenvalue weighted by Gasteiger charge is 2.08. The molecule has 6 nitrogen and oxygen atoms in total. The molecule has 0 atom stereocenters. The van der Waals surface area contributed by atoms with Crippen molar-refractivity contribution >= 4 is 5.96 Å². The van der Waals surface area contributed by atoms with Crippen molar-refractivity contribution in [1.29, 1.82) is 0 Å². The van der Waals surface area contributed by atoms with Crippen LogP contribution in [-0.4, -0.2) is 76.6 Å². The fraction of sp³-hybridized carbons (Fsp3) is 0.929. The Labute approximate surface area is 122 Å². The Morgan fingerprint density at radius 2 is 2.05 bits per heavy atom. The van der Waals surface area contributed by atoms with Crippen molar-refractivity contribution in [3.63, 3.8) is 0 Å². The molecule has 0 unspecified atom stereocenters. The second-order valence-electron chi connectivity index (χ2n) is 4.69. The van der Waals surface area contributed by atoms with Gasteiger partial charge >= 0.3 is 0 Å². The first-order valence-electron chi connectivity index (χ1n) is 7.76. The number of hydrogen-bond donors (Lipinski definition) is 2. The molecule has 1 aliphatic rings. The van der Waals surface area contributed by atoms with Crippen LogP contribution in [0.4, 0.5) is 0 Å². The van der Waals surface area contributed by atoms with Gasteiger partial charge in [-0.05, 0) is 20.3 Å². The molecule has 0 spiro atoms. The van der Waals surface area contributed by atoms with E-state index in [4.69, 9.17) is 9.47 Å². The second kappa shape index (κ2) is 11.9. The van der Waals surface area contributed by atoms with Crippen molar-refractivity contribution in [3.05, 3.63) is 0 Å². The third-order valence-electron chi connectivity index (χ3n) is 3.09. The number of morpholine rings is 1. The lowest BCUT2D eigenvalue weighted by Crippen LogP contribution is -2.39. The number of ether oxygens (including phenoxy) is 2. The maximum absolute atomic E-state index is 5.34. The second-order valence-corrected chi connectivity index (χ2v) is 4.69. The monoisotopic (exact) mass is 286 g/mol. The normalized spacial score (nSPS) is 17.2. The molecule has 6 heteroatoms. The standard InChI is InChI=1S/C14H30N4O2/c1-3-15-14(17-7-11-19-4-2)16-6-5-8-18-9-12-20-13-10-18/h3-13H2,1-2H3,(H2,15,16,17). The first-order valence-corrected chi connectivity index (χ1v) is 7.76. The summed E-state index contributed by atoms with van der Waals surface area (Å²) < 4.78 is 10.6. The topological polar surface area (TPSA) is 58.1 Å². The van der Waals surface area contributed by atoms with Crippen molar-refractivity contribution in [2.45, 2.75) is 20.3 Å². The minimum atomic E-state index is 0.717. The van der Waals surface area contributed by atoms with Crippen LogP contribution < -0.4 is 10.6 Å². The van der Waals surface area contributed by atoms with Crippen LogP contribution in [0.2, 0.25) is 0 Å². The van der Waals surface area contributed by atoms with E-state index in [2.05, 4.69) is 27.4 Å². The van der Waals surface area contributed by atoms with E-state index in [9.17, 15) is 0 Å². The van der Waals surface area contributed by atoms with Crippen molar-refractivity contribution < 1.29 is 9.47 Å². The van der Waals surface area contributed by atoms with Gasteiger partial charge in [0, 0.05) is 45.9 Å². The summed E-state index contributed by atoms with van der Waals surface area (Å²) >= 11 is 0. The summed E-state index contributed by atoms with van der Waals surface area (Å²) in [5.41, 5.74) is 0. The van der Waals surface area contributed by atoms with Gasteiger partial charge in [-0.15, -0.1) is 0 Å². The maximum atomic E-state index is 5.34.